The van der Waals surface area contributed by atoms with E-state index in [0.717, 1.165) is 12.2 Å². The number of anilines is 1. The molecule has 1 amide bonds. The van der Waals surface area contributed by atoms with Gasteiger partial charge in [-0.15, -0.1) is 0 Å². The van der Waals surface area contributed by atoms with Crippen molar-refractivity contribution >= 4 is 11.6 Å². The van der Waals surface area contributed by atoms with Crippen LogP contribution in [0.4, 0.5) is 5.69 Å². The molecule has 1 fully saturated rings. The molecule has 0 spiro atoms. The van der Waals surface area contributed by atoms with E-state index in [4.69, 9.17) is 5.26 Å². The Morgan fingerprint density at radius 2 is 1.79 bits per heavy atom. The first kappa shape index (κ1) is 13.6. The number of nitrogens with zero attached hydrogens (tertiary/aromatic N) is 2. The van der Waals surface area contributed by atoms with Crippen LogP contribution in [0.25, 0.3) is 0 Å². The zero-order valence-corrected chi connectivity index (χ0v) is 11.8. The van der Waals surface area contributed by atoms with Crippen molar-refractivity contribution in [2.75, 3.05) is 11.4 Å². The van der Waals surface area contributed by atoms with Gasteiger partial charge in [-0.2, -0.15) is 5.26 Å². The zero-order chi connectivity index (χ0) is 14.3. The smallest absolute Gasteiger partial charge is 0.247 e. The van der Waals surface area contributed by atoms with Crippen LogP contribution in [0.5, 0.6) is 0 Å². The maximum Gasteiger partial charge on any atom is 0.247 e. The molecular formula is C15H19N3O. The summed E-state index contributed by atoms with van der Waals surface area (Å²) in [7, 11) is 0. The number of carbonyl (C=O) groups excluding carboxylic acids is 1. The average molecular weight is 257 g/mol. The van der Waals surface area contributed by atoms with Crippen LogP contribution in [0.2, 0.25) is 0 Å². The summed E-state index contributed by atoms with van der Waals surface area (Å²) in [6.07, 6.45) is 0. The maximum absolute atomic E-state index is 12.6. The molecule has 0 aromatic heterocycles. The highest BCUT2D eigenvalue weighted by atomic mass is 16.2. The zero-order valence-electron chi connectivity index (χ0n) is 11.8. The second-order valence-electron chi connectivity index (χ2n) is 6.09. The molecule has 1 aromatic carbocycles. The molecule has 0 radical (unpaired) electrons. The number of nitrogens with one attached hydrogen (secondary N) is 1. The van der Waals surface area contributed by atoms with Crippen LogP contribution in [0.1, 0.15) is 33.3 Å². The Kier molecular flexibility index (Phi) is 3.11. The first-order valence-corrected chi connectivity index (χ1v) is 6.38. The van der Waals surface area contributed by atoms with Gasteiger partial charge in [0.15, 0.2) is 0 Å². The Hall–Kier alpha value is -1.86. The van der Waals surface area contributed by atoms with Gasteiger partial charge in [0, 0.05) is 12.2 Å². The van der Waals surface area contributed by atoms with E-state index in [1.807, 2.05) is 44.7 Å². The summed E-state index contributed by atoms with van der Waals surface area (Å²) >= 11 is 0. The highest BCUT2D eigenvalue weighted by molar-refractivity contribution is 6.01. The first-order valence-electron chi connectivity index (χ1n) is 6.38. The number of amides is 1. The second kappa shape index (κ2) is 4.36. The van der Waals surface area contributed by atoms with Gasteiger partial charge in [0.25, 0.3) is 0 Å². The molecule has 1 aromatic rings. The SMILES string of the molecule is CC1(C)NCC(C)(C)N(c2ccc(C#N)cc2)C1=O. The van der Waals surface area contributed by atoms with E-state index in [-0.39, 0.29) is 11.4 Å². The number of rotatable bonds is 1. The van der Waals surface area contributed by atoms with Crippen LogP contribution in [0, 0.1) is 11.3 Å². The molecule has 2 rings (SSSR count). The van der Waals surface area contributed by atoms with Gasteiger partial charge in [0.2, 0.25) is 5.91 Å². The summed E-state index contributed by atoms with van der Waals surface area (Å²) < 4.78 is 0. The minimum Gasteiger partial charge on any atom is -0.304 e. The molecule has 1 N–H and O–H groups in total. The lowest BCUT2D eigenvalue weighted by Crippen LogP contribution is -2.69. The number of hydrogen-bond donors (Lipinski definition) is 1. The highest BCUT2D eigenvalue weighted by Gasteiger charge is 2.45. The fraction of sp³-hybridized carbons (Fsp3) is 0.467. The van der Waals surface area contributed by atoms with Crippen LogP contribution >= 0.6 is 0 Å². The molecule has 1 heterocycles. The lowest BCUT2D eigenvalue weighted by Gasteiger charge is -2.48. The van der Waals surface area contributed by atoms with Crippen LogP contribution < -0.4 is 10.2 Å². The minimum absolute atomic E-state index is 0.0495. The molecule has 0 bridgehead atoms. The topological polar surface area (TPSA) is 56.1 Å². The average Bonchev–Trinajstić information content (AvgIpc) is 2.36. The fourth-order valence-electron chi connectivity index (χ4n) is 2.30. The molecule has 0 atom stereocenters. The Morgan fingerprint density at radius 3 is 2.32 bits per heavy atom. The molecule has 4 heteroatoms. The lowest BCUT2D eigenvalue weighted by molar-refractivity contribution is -0.126. The van der Waals surface area contributed by atoms with Crippen molar-refractivity contribution in [3.8, 4) is 6.07 Å². The van der Waals surface area contributed by atoms with Crippen LogP contribution in [-0.4, -0.2) is 23.5 Å². The van der Waals surface area contributed by atoms with Gasteiger partial charge in [-0.05, 0) is 52.0 Å². The molecule has 4 nitrogen and oxygen atoms in total. The summed E-state index contributed by atoms with van der Waals surface area (Å²) in [6.45, 7) is 8.57. The predicted molar refractivity (Wildman–Crippen MR) is 74.8 cm³/mol. The normalized spacial score (nSPS) is 21.0. The summed E-state index contributed by atoms with van der Waals surface area (Å²) in [6, 6.07) is 9.24. The van der Waals surface area contributed by atoms with Gasteiger partial charge in [0.05, 0.1) is 22.7 Å². The van der Waals surface area contributed by atoms with Gasteiger partial charge < -0.3 is 10.2 Å². The van der Waals surface area contributed by atoms with E-state index in [1.54, 1.807) is 12.1 Å². The molecule has 0 saturated carbocycles. The van der Waals surface area contributed by atoms with Gasteiger partial charge in [-0.25, -0.2) is 0 Å². The number of carbonyl (C=O) groups is 1. The Bertz CT molecular complexity index is 538. The van der Waals surface area contributed by atoms with Crippen molar-refractivity contribution in [2.45, 2.75) is 38.8 Å². The van der Waals surface area contributed by atoms with Gasteiger partial charge in [0.1, 0.15) is 0 Å². The molecule has 1 saturated heterocycles. The van der Waals surface area contributed by atoms with Crippen molar-refractivity contribution in [3.05, 3.63) is 29.8 Å². The van der Waals surface area contributed by atoms with Crippen molar-refractivity contribution in [1.29, 1.82) is 5.26 Å². The molecular weight excluding hydrogens is 238 g/mol. The van der Waals surface area contributed by atoms with E-state index < -0.39 is 5.54 Å². The predicted octanol–water partition coefficient (Wildman–Crippen LogP) is 2.05. The van der Waals surface area contributed by atoms with E-state index >= 15 is 0 Å². The third-order valence-electron chi connectivity index (χ3n) is 3.56. The largest absolute Gasteiger partial charge is 0.304 e. The molecule has 0 aliphatic carbocycles. The fourth-order valence-corrected chi connectivity index (χ4v) is 2.30. The molecule has 1 aliphatic heterocycles. The summed E-state index contributed by atoms with van der Waals surface area (Å²) in [4.78, 5) is 14.4. The third kappa shape index (κ3) is 2.34. The quantitative estimate of drug-likeness (QED) is 0.837. The molecule has 0 unspecified atom stereocenters. The number of hydrogen-bond acceptors (Lipinski definition) is 3. The van der Waals surface area contributed by atoms with E-state index in [2.05, 4.69) is 11.4 Å². The van der Waals surface area contributed by atoms with Crippen LogP contribution in [-0.2, 0) is 4.79 Å². The van der Waals surface area contributed by atoms with Crippen molar-refractivity contribution in [1.82, 2.24) is 5.32 Å². The number of piperazine rings is 1. The highest BCUT2D eigenvalue weighted by Crippen LogP contribution is 2.30. The Balaban J connectivity index is 2.43. The molecule has 100 valence electrons. The Morgan fingerprint density at radius 1 is 1.21 bits per heavy atom. The summed E-state index contributed by atoms with van der Waals surface area (Å²) in [5, 5.41) is 12.1. The van der Waals surface area contributed by atoms with E-state index in [0.29, 0.717) is 5.56 Å². The second-order valence-corrected chi connectivity index (χ2v) is 6.09. The monoisotopic (exact) mass is 257 g/mol. The first-order chi connectivity index (χ1) is 8.78. The standard InChI is InChI=1S/C15H19N3O/c1-14(2)10-17-15(3,4)13(19)18(14)12-7-5-11(9-16)6-8-12/h5-8,17H,10H2,1-4H3. The van der Waals surface area contributed by atoms with Crippen molar-refractivity contribution in [2.24, 2.45) is 0 Å². The van der Waals surface area contributed by atoms with Gasteiger partial charge in [-0.3, -0.25) is 4.79 Å². The summed E-state index contributed by atoms with van der Waals surface area (Å²) in [5.41, 5.74) is 0.580. The summed E-state index contributed by atoms with van der Waals surface area (Å²) in [5.74, 6) is 0.0495. The van der Waals surface area contributed by atoms with E-state index in [1.165, 1.54) is 0 Å². The third-order valence-corrected chi connectivity index (χ3v) is 3.56. The maximum atomic E-state index is 12.6. The van der Waals surface area contributed by atoms with Gasteiger partial charge >= 0.3 is 0 Å². The van der Waals surface area contributed by atoms with E-state index in [9.17, 15) is 4.79 Å². The van der Waals surface area contributed by atoms with Crippen LogP contribution in [0.15, 0.2) is 24.3 Å². The lowest BCUT2D eigenvalue weighted by atomic mass is 9.90. The van der Waals surface area contributed by atoms with Crippen LogP contribution in [0.3, 0.4) is 0 Å². The number of benzene rings is 1. The Labute approximate surface area is 114 Å². The molecule has 1 aliphatic rings. The number of nitriles is 1. The minimum atomic E-state index is -0.566. The van der Waals surface area contributed by atoms with Crippen molar-refractivity contribution < 1.29 is 4.79 Å². The van der Waals surface area contributed by atoms with Crippen molar-refractivity contribution in [3.63, 3.8) is 0 Å². The molecule has 19 heavy (non-hydrogen) atoms. The van der Waals surface area contributed by atoms with Gasteiger partial charge in [-0.1, -0.05) is 0 Å².